The van der Waals surface area contributed by atoms with Gasteiger partial charge in [-0.15, -0.1) is 0 Å². The standard InChI is InChI=1S/C30H29BrN2O5S/c1-5-36-25-15-22(24(31)17-26(25)38-18-20-9-7-19(3)8-10-20)16-27-28(34)33(4)30(39-27)32-23-13-11-21(12-14-23)29(35)37-6-2/h7-17H,5-6,18H2,1-4H3. The van der Waals surface area contributed by atoms with E-state index in [1.54, 1.807) is 38.2 Å². The van der Waals surface area contributed by atoms with Crippen LogP contribution in [0.25, 0.3) is 6.08 Å². The molecule has 7 nitrogen and oxygen atoms in total. The van der Waals surface area contributed by atoms with E-state index in [-0.39, 0.29) is 11.9 Å². The van der Waals surface area contributed by atoms with Crippen LogP contribution in [0.15, 0.2) is 75.0 Å². The fraction of sp³-hybridized carbons (Fsp3) is 0.233. The molecule has 0 spiro atoms. The van der Waals surface area contributed by atoms with E-state index in [1.165, 1.54) is 22.2 Å². The summed E-state index contributed by atoms with van der Waals surface area (Å²) in [4.78, 5) is 31.6. The summed E-state index contributed by atoms with van der Waals surface area (Å²) >= 11 is 4.91. The smallest absolute Gasteiger partial charge is 0.338 e. The molecule has 9 heteroatoms. The summed E-state index contributed by atoms with van der Waals surface area (Å²) in [6.45, 7) is 6.92. The number of aryl methyl sites for hydroxylation is 1. The first-order valence-corrected chi connectivity index (χ1v) is 14.1. The summed E-state index contributed by atoms with van der Waals surface area (Å²) < 4.78 is 17.7. The summed E-state index contributed by atoms with van der Waals surface area (Å²) in [7, 11) is 1.69. The molecule has 0 saturated carbocycles. The number of halogens is 1. The van der Waals surface area contributed by atoms with Crippen molar-refractivity contribution in [1.82, 2.24) is 4.90 Å². The zero-order valence-electron chi connectivity index (χ0n) is 22.2. The van der Waals surface area contributed by atoms with Crippen LogP contribution in [-0.2, 0) is 16.1 Å². The van der Waals surface area contributed by atoms with Gasteiger partial charge in [-0.3, -0.25) is 9.69 Å². The molecule has 0 aromatic heterocycles. The Bertz CT molecular complexity index is 1420. The number of benzene rings is 3. The first-order chi connectivity index (χ1) is 18.8. The van der Waals surface area contributed by atoms with Crippen LogP contribution in [0.4, 0.5) is 5.69 Å². The van der Waals surface area contributed by atoms with Gasteiger partial charge in [0.25, 0.3) is 5.91 Å². The Hall–Kier alpha value is -3.56. The van der Waals surface area contributed by atoms with Crippen LogP contribution in [0.1, 0.15) is 40.9 Å². The second-order valence-electron chi connectivity index (χ2n) is 8.66. The molecule has 1 saturated heterocycles. The lowest BCUT2D eigenvalue weighted by Crippen LogP contribution is -2.23. The molecule has 0 aliphatic carbocycles. The highest BCUT2D eigenvalue weighted by atomic mass is 79.9. The molecule has 1 aliphatic heterocycles. The van der Waals surface area contributed by atoms with Gasteiger partial charge in [0.15, 0.2) is 16.7 Å². The van der Waals surface area contributed by atoms with Gasteiger partial charge in [-0.1, -0.05) is 45.8 Å². The molecular weight excluding hydrogens is 580 g/mol. The van der Waals surface area contributed by atoms with Gasteiger partial charge in [0, 0.05) is 11.5 Å². The van der Waals surface area contributed by atoms with Crippen molar-refractivity contribution < 1.29 is 23.8 Å². The third-order valence-electron chi connectivity index (χ3n) is 5.77. The predicted octanol–water partition coefficient (Wildman–Crippen LogP) is 7.15. The lowest BCUT2D eigenvalue weighted by molar-refractivity contribution is -0.121. The molecule has 0 unspecified atom stereocenters. The van der Waals surface area contributed by atoms with Crippen LogP contribution in [0.3, 0.4) is 0 Å². The van der Waals surface area contributed by atoms with E-state index in [0.717, 1.165) is 15.6 Å². The molecule has 3 aromatic carbocycles. The van der Waals surface area contributed by atoms with E-state index in [1.807, 2.05) is 44.2 Å². The molecule has 39 heavy (non-hydrogen) atoms. The molecule has 0 atom stereocenters. The summed E-state index contributed by atoms with van der Waals surface area (Å²) in [6, 6.07) is 18.7. The molecule has 4 rings (SSSR count). The summed E-state index contributed by atoms with van der Waals surface area (Å²) in [6.07, 6.45) is 1.81. The maximum atomic E-state index is 13.0. The predicted molar refractivity (Wildman–Crippen MR) is 159 cm³/mol. The Morgan fingerprint density at radius 3 is 2.36 bits per heavy atom. The highest BCUT2D eigenvalue weighted by Gasteiger charge is 2.30. The second kappa shape index (κ2) is 13.0. The van der Waals surface area contributed by atoms with Crippen LogP contribution < -0.4 is 9.47 Å². The van der Waals surface area contributed by atoms with E-state index in [2.05, 4.69) is 33.1 Å². The largest absolute Gasteiger partial charge is 0.490 e. The summed E-state index contributed by atoms with van der Waals surface area (Å²) in [5, 5.41) is 0.536. The van der Waals surface area contributed by atoms with Crippen molar-refractivity contribution in [3.63, 3.8) is 0 Å². The SMILES string of the molecule is CCOC(=O)c1ccc(N=C2SC(=Cc3cc(OCC)c(OCc4ccc(C)cc4)cc3Br)C(=O)N2C)cc1. The van der Waals surface area contributed by atoms with Gasteiger partial charge in [0.1, 0.15) is 6.61 Å². The molecule has 1 heterocycles. The van der Waals surface area contributed by atoms with Gasteiger partial charge in [-0.2, -0.15) is 0 Å². The number of likely N-dealkylation sites (N-methyl/N-ethyl adjacent to an activating group) is 1. The number of hydrogen-bond acceptors (Lipinski definition) is 7. The Balaban J connectivity index is 1.54. The fourth-order valence-electron chi connectivity index (χ4n) is 3.68. The molecule has 0 bridgehead atoms. The van der Waals surface area contributed by atoms with E-state index in [4.69, 9.17) is 14.2 Å². The van der Waals surface area contributed by atoms with Crippen LogP contribution in [-0.4, -0.2) is 42.2 Å². The minimum Gasteiger partial charge on any atom is -0.490 e. The summed E-state index contributed by atoms with van der Waals surface area (Å²) in [5.74, 6) is 0.668. The normalized spacial score (nSPS) is 15.2. The minimum absolute atomic E-state index is 0.161. The topological polar surface area (TPSA) is 77.4 Å². The maximum absolute atomic E-state index is 13.0. The van der Waals surface area contributed by atoms with Crippen molar-refractivity contribution in [2.45, 2.75) is 27.4 Å². The van der Waals surface area contributed by atoms with Crippen molar-refractivity contribution >= 4 is 56.5 Å². The highest BCUT2D eigenvalue weighted by molar-refractivity contribution is 9.10. The number of hydrogen-bond donors (Lipinski definition) is 0. The zero-order valence-corrected chi connectivity index (χ0v) is 24.6. The minimum atomic E-state index is -0.381. The number of amidine groups is 1. The number of carbonyl (C=O) groups excluding carboxylic acids is 2. The number of nitrogens with zero attached hydrogens (tertiary/aromatic N) is 2. The van der Waals surface area contributed by atoms with Gasteiger partial charge >= 0.3 is 5.97 Å². The quantitative estimate of drug-likeness (QED) is 0.190. The number of carbonyl (C=O) groups is 2. The first-order valence-electron chi connectivity index (χ1n) is 12.5. The van der Waals surface area contributed by atoms with Gasteiger partial charge in [0.2, 0.25) is 0 Å². The molecule has 0 radical (unpaired) electrons. The van der Waals surface area contributed by atoms with Crippen molar-refractivity contribution in [3.05, 3.63) is 92.3 Å². The van der Waals surface area contributed by atoms with E-state index in [9.17, 15) is 9.59 Å². The number of thioether (sulfide) groups is 1. The van der Waals surface area contributed by atoms with Crippen molar-refractivity contribution in [3.8, 4) is 11.5 Å². The van der Waals surface area contributed by atoms with E-state index in [0.29, 0.717) is 52.6 Å². The number of esters is 1. The van der Waals surface area contributed by atoms with Gasteiger partial charge in [-0.05, 0) is 86.1 Å². The average molecular weight is 610 g/mol. The Morgan fingerprint density at radius 1 is 1.00 bits per heavy atom. The first kappa shape index (κ1) is 28.4. The van der Waals surface area contributed by atoms with Gasteiger partial charge in [-0.25, -0.2) is 9.79 Å². The van der Waals surface area contributed by atoms with Crippen molar-refractivity contribution in [2.24, 2.45) is 4.99 Å². The van der Waals surface area contributed by atoms with Crippen LogP contribution in [0.5, 0.6) is 11.5 Å². The number of ether oxygens (including phenoxy) is 3. The van der Waals surface area contributed by atoms with Gasteiger partial charge < -0.3 is 14.2 Å². The molecule has 202 valence electrons. The Morgan fingerprint density at radius 2 is 1.69 bits per heavy atom. The fourth-order valence-corrected chi connectivity index (χ4v) is 5.09. The number of rotatable bonds is 9. The third kappa shape index (κ3) is 7.10. The zero-order chi connectivity index (χ0) is 27.9. The van der Waals surface area contributed by atoms with Crippen LogP contribution >= 0.6 is 27.7 Å². The van der Waals surface area contributed by atoms with E-state index >= 15 is 0 Å². The van der Waals surface area contributed by atoms with Crippen molar-refractivity contribution in [1.29, 1.82) is 0 Å². The monoisotopic (exact) mass is 608 g/mol. The number of aliphatic imine (C=N–C) groups is 1. The Kier molecular flexibility index (Phi) is 9.48. The molecule has 0 N–H and O–H groups in total. The van der Waals surface area contributed by atoms with E-state index < -0.39 is 0 Å². The highest BCUT2D eigenvalue weighted by Crippen LogP contribution is 2.38. The second-order valence-corrected chi connectivity index (χ2v) is 10.5. The molecule has 1 aliphatic rings. The molecular formula is C30H29BrN2O5S. The summed E-state index contributed by atoms with van der Waals surface area (Å²) in [5.41, 5.74) is 4.11. The maximum Gasteiger partial charge on any atom is 0.338 e. The van der Waals surface area contributed by atoms with Crippen molar-refractivity contribution in [2.75, 3.05) is 20.3 Å². The molecule has 3 aromatic rings. The Labute approximate surface area is 241 Å². The van der Waals surface area contributed by atoms with Crippen LogP contribution in [0, 0.1) is 6.92 Å². The number of amides is 1. The lowest BCUT2D eigenvalue weighted by atomic mass is 10.1. The molecule has 1 fully saturated rings. The lowest BCUT2D eigenvalue weighted by Gasteiger charge is -2.14. The van der Waals surface area contributed by atoms with Gasteiger partial charge in [0.05, 0.1) is 29.4 Å². The average Bonchev–Trinajstić information content (AvgIpc) is 3.18. The third-order valence-corrected chi connectivity index (χ3v) is 7.52. The van der Waals surface area contributed by atoms with Crippen LogP contribution in [0.2, 0.25) is 0 Å². The molecule has 1 amide bonds.